The summed E-state index contributed by atoms with van der Waals surface area (Å²) in [5, 5.41) is 13.3. The van der Waals surface area contributed by atoms with Gasteiger partial charge >= 0.3 is 0 Å². The molecule has 3 aromatic rings. The second kappa shape index (κ2) is 5.99. The van der Waals surface area contributed by atoms with Gasteiger partial charge in [0.05, 0.1) is 11.1 Å². The highest BCUT2D eigenvalue weighted by molar-refractivity contribution is 5.98. The number of halogens is 1. The summed E-state index contributed by atoms with van der Waals surface area (Å²) in [7, 11) is 0. The molecule has 0 saturated carbocycles. The highest BCUT2D eigenvalue weighted by atomic mass is 19.1. The first-order chi connectivity index (χ1) is 11.8. The van der Waals surface area contributed by atoms with E-state index in [9.17, 15) is 9.65 Å². The van der Waals surface area contributed by atoms with Crippen LogP contribution in [0.25, 0.3) is 22.0 Å². The maximum atomic E-state index is 14.4. The Bertz CT molecular complexity index is 935. The lowest BCUT2D eigenvalue weighted by Gasteiger charge is -2.13. The van der Waals surface area contributed by atoms with Gasteiger partial charge in [0.2, 0.25) is 0 Å². The molecule has 1 unspecified atom stereocenters. The van der Waals surface area contributed by atoms with Gasteiger partial charge < -0.3 is 15.0 Å². The largest absolute Gasteiger partial charge is 0.486 e. The van der Waals surface area contributed by atoms with Crippen molar-refractivity contribution < 1.29 is 9.13 Å². The number of H-pyrrole nitrogens is 1. The van der Waals surface area contributed by atoms with Crippen molar-refractivity contribution in [1.82, 2.24) is 10.3 Å². The van der Waals surface area contributed by atoms with Crippen LogP contribution < -0.4 is 10.1 Å². The van der Waals surface area contributed by atoms with Crippen LogP contribution in [-0.2, 0) is 0 Å². The van der Waals surface area contributed by atoms with Crippen LogP contribution in [0.1, 0.15) is 12.0 Å². The summed E-state index contributed by atoms with van der Waals surface area (Å²) >= 11 is 0. The number of aromatic nitrogens is 1. The lowest BCUT2D eigenvalue weighted by Crippen LogP contribution is -2.20. The highest BCUT2D eigenvalue weighted by Crippen LogP contribution is 2.32. The van der Waals surface area contributed by atoms with Crippen LogP contribution in [0.15, 0.2) is 42.6 Å². The second-order valence-electron chi connectivity index (χ2n) is 5.92. The topological polar surface area (TPSA) is 60.8 Å². The zero-order valence-electron chi connectivity index (χ0n) is 13.0. The minimum Gasteiger partial charge on any atom is -0.486 e. The number of rotatable bonds is 3. The van der Waals surface area contributed by atoms with E-state index in [1.54, 1.807) is 12.1 Å². The van der Waals surface area contributed by atoms with Crippen LogP contribution in [0.3, 0.4) is 0 Å². The Kier molecular flexibility index (Phi) is 3.68. The Morgan fingerprint density at radius 2 is 2.17 bits per heavy atom. The number of benzene rings is 2. The van der Waals surface area contributed by atoms with Gasteiger partial charge in [0.15, 0.2) is 11.6 Å². The predicted octanol–water partition coefficient (Wildman–Crippen LogP) is 3.59. The summed E-state index contributed by atoms with van der Waals surface area (Å²) in [4.78, 5) is 3.11. The van der Waals surface area contributed by atoms with Crippen molar-refractivity contribution >= 4 is 10.9 Å². The Morgan fingerprint density at radius 3 is 2.92 bits per heavy atom. The van der Waals surface area contributed by atoms with E-state index in [1.807, 2.05) is 24.4 Å². The Hall–Kier alpha value is -2.84. The third-order valence-electron chi connectivity index (χ3n) is 4.39. The van der Waals surface area contributed by atoms with Crippen molar-refractivity contribution in [2.24, 2.45) is 0 Å². The maximum Gasteiger partial charge on any atom is 0.165 e. The number of aromatic amines is 1. The predicted molar refractivity (Wildman–Crippen MR) is 90.3 cm³/mol. The molecule has 1 saturated heterocycles. The quantitative estimate of drug-likeness (QED) is 0.775. The van der Waals surface area contributed by atoms with E-state index >= 15 is 0 Å². The summed E-state index contributed by atoms with van der Waals surface area (Å²) in [5.74, 6) is -0.0878. The van der Waals surface area contributed by atoms with E-state index in [2.05, 4.69) is 16.4 Å². The molecule has 2 N–H and O–H groups in total. The van der Waals surface area contributed by atoms with Crippen molar-refractivity contribution in [2.45, 2.75) is 12.5 Å². The third-order valence-corrected chi connectivity index (χ3v) is 4.39. The molecule has 1 aliphatic rings. The maximum absolute atomic E-state index is 14.4. The lowest BCUT2D eigenvalue weighted by molar-refractivity contribution is 0.213. The normalized spacial score (nSPS) is 17.1. The van der Waals surface area contributed by atoms with Crippen LogP contribution in [0.5, 0.6) is 5.75 Å². The number of nitriles is 1. The van der Waals surface area contributed by atoms with Gasteiger partial charge in [-0.15, -0.1) is 0 Å². The average Bonchev–Trinajstić information content (AvgIpc) is 3.26. The van der Waals surface area contributed by atoms with Crippen LogP contribution in [0.4, 0.5) is 4.39 Å². The van der Waals surface area contributed by atoms with Crippen LogP contribution in [-0.4, -0.2) is 24.2 Å². The molecule has 0 aliphatic carbocycles. The van der Waals surface area contributed by atoms with Crippen LogP contribution in [0, 0.1) is 17.1 Å². The molecule has 120 valence electrons. The number of fused-ring (bicyclic) bond motifs is 1. The minimum atomic E-state index is -0.370. The van der Waals surface area contributed by atoms with Gasteiger partial charge in [0.25, 0.3) is 0 Å². The van der Waals surface area contributed by atoms with Gasteiger partial charge in [-0.05, 0) is 36.7 Å². The average molecular weight is 321 g/mol. The molecule has 1 aromatic heterocycles. The Morgan fingerprint density at radius 1 is 1.25 bits per heavy atom. The molecule has 2 aromatic carbocycles. The van der Waals surface area contributed by atoms with Crippen molar-refractivity contribution in [1.29, 1.82) is 5.26 Å². The molecular formula is C19H16FN3O. The number of hydrogen-bond donors (Lipinski definition) is 2. The van der Waals surface area contributed by atoms with Crippen molar-refractivity contribution in [3.8, 4) is 22.9 Å². The van der Waals surface area contributed by atoms with E-state index in [1.165, 1.54) is 6.07 Å². The van der Waals surface area contributed by atoms with E-state index < -0.39 is 0 Å². The summed E-state index contributed by atoms with van der Waals surface area (Å²) in [6.07, 6.45) is 2.72. The van der Waals surface area contributed by atoms with Crippen molar-refractivity contribution in [3.63, 3.8) is 0 Å². The molecule has 0 spiro atoms. The highest BCUT2D eigenvalue weighted by Gasteiger charge is 2.18. The van der Waals surface area contributed by atoms with Crippen molar-refractivity contribution in [2.75, 3.05) is 13.1 Å². The van der Waals surface area contributed by atoms with E-state index in [0.717, 1.165) is 41.5 Å². The van der Waals surface area contributed by atoms with E-state index in [0.29, 0.717) is 5.56 Å². The summed E-state index contributed by atoms with van der Waals surface area (Å²) in [6.45, 7) is 1.65. The van der Waals surface area contributed by atoms with Crippen molar-refractivity contribution in [3.05, 3.63) is 54.0 Å². The molecule has 2 heterocycles. The SMILES string of the molecule is N#Cc1cccc2c(-c3ccc(OC4CCNC4)c(F)c3)c[nH]c12. The second-order valence-corrected chi connectivity index (χ2v) is 5.92. The van der Waals surface area contributed by atoms with Gasteiger partial charge in [-0.1, -0.05) is 18.2 Å². The third kappa shape index (κ3) is 2.51. The molecule has 5 heteroatoms. The van der Waals surface area contributed by atoms with Gasteiger partial charge in [-0.2, -0.15) is 5.26 Å². The molecule has 4 rings (SSSR count). The molecular weight excluding hydrogens is 305 g/mol. The molecule has 0 radical (unpaired) electrons. The molecule has 0 bridgehead atoms. The Balaban J connectivity index is 1.70. The molecule has 1 aliphatic heterocycles. The van der Waals surface area contributed by atoms with Gasteiger partial charge in [-0.3, -0.25) is 0 Å². The number of para-hydroxylation sites is 1. The smallest absolute Gasteiger partial charge is 0.165 e. The lowest BCUT2D eigenvalue weighted by atomic mass is 10.0. The first kappa shape index (κ1) is 14.7. The van der Waals surface area contributed by atoms with E-state index in [4.69, 9.17) is 4.74 Å². The summed E-state index contributed by atoms with van der Waals surface area (Å²) in [5.41, 5.74) is 2.97. The van der Waals surface area contributed by atoms with Gasteiger partial charge in [0.1, 0.15) is 12.2 Å². The fourth-order valence-electron chi connectivity index (χ4n) is 3.16. The Labute approximate surface area is 138 Å². The molecule has 0 amide bonds. The molecule has 1 fully saturated rings. The monoisotopic (exact) mass is 321 g/mol. The molecule has 24 heavy (non-hydrogen) atoms. The fraction of sp³-hybridized carbons (Fsp3) is 0.211. The number of nitrogens with one attached hydrogen (secondary N) is 2. The first-order valence-corrected chi connectivity index (χ1v) is 7.94. The summed E-state index contributed by atoms with van der Waals surface area (Å²) in [6, 6.07) is 12.7. The zero-order chi connectivity index (χ0) is 16.5. The minimum absolute atomic E-state index is 0.0247. The molecule has 1 atom stereocenters. The van der Waals surface area contributed by atoms with Gasteiger partial charge in [-0.25, -0.2) is 4.39 Å². The standard InChI is InChI=1S/C19H16FN3O/c20-17-8-12(4-5-18(17)24-14-6-7-22-10-14)16-11-23-19-13(9-21)2-1-3-15(16)19/h1-5,8,11,14,22-23H,6-7,10H2. The number of ether oxygens (including phenoxy) is 1. The molecule has 4 nitrogen and oxygen atoms in total. The van der Waals surface area contributed by atoms with Crippen LogP contribution in [0.2, 0.25) is 0 Å². The fourth-order valence-corrected chi connectivity index (χ4v) is 3.16. The zero-order valence-corrected chi connectivity index (χ0v) is 13.0. The number of hydrogen-bond acceptors (Lipinski definition) is 3. The van der Waals surface area contributed by atoms with Gasteiger partial charge in [0, 0.05) is 23.7 Å². The number of nitrogens with zero attached hydrogens (tertiary/aromatic N) is 1. The first-order valence-electron chi connectivity index (χ1n) is 7.94. The van der Waals surface area contributed by atoms with Crippen LogP contribution >= 0.6 is 0 Å². The van der Waals surface area contributed by atoms with E-state index in [-0.39, 0.29) is 17.7 Å². The summed E-state index contributed by atoms with van der Waals surface area (Å²) < 4.78 is 20.1.